The van der Waals surface area contributed by atoms with Crippen molar-refractivity contribution in [2.75, 3.05) is 13.1 Å². The largest absolute Gasteiger partial charge is 0.508 e. The zero-order valence-corrected chi connectivity index (χ0v) is 14.1. The lowest BCUT2D eigenvalue weighted by molar-refractivity contribution is 0.0184. The Bertz CT molecular complexity index is 526. The first-order valence-electron chi connectivity index (χ1n) is 8.01. The van der Waals surface area contributed by atoms with Gasteiger partial charge in [-0.05, 0) is 76.1 Å². The van der Waals surface area contributed by atoms with Crippen LogP contribution in [0.15, 0.2) is 18.2 Å². The van der Waals surface area contributed by atoms with Crippen LogP contribution in [-0.2, 0) is 11.2 Å². The summed E-state index contributed by atoms with van der Waals surface area (Å²) in [6, 6.07) is 5.56. The first-order valence-corrected chi connectivity index (χ1v) is 8.01. The SMILES string of the molecule is Cc1cc(O)ccc1CC1CCN(C(=O)OC(C)(C)C)CC1. The van der Waals surface area contributed by atoms with Crippen LogP contribution in [0.1, 0.15) is 44.7 Å². The monoisotopic (exact) mass is 305 g/mol. The molecule has 1 aliphatic heterocycles. The van der Waals surface area contributed by atoms with Crippen LogP contribution in [0.5, 0.6) is 5.75 Å². The van der Waals surface area contributed by atoms with Crippen molar-refractivity contribution in [2.45, 2.75) is 52.6 Å². The number of aromatic hydroxyl groups is 1. The van der Waals surface area contributed by atoms with E-state index in [0.717, 1.165) is 37.9 Å². The summed E-state index contributed by atoms with van der Waals surface area (Å²) >= 11 is 0. The number of carbonyl (C=O) groups excluding carboxylic acids is 1. The fourth-order valence-corrected chi connectivity index (χ4v) is 2.87. The molecular weight excluding hydrogens is 278 g/mol. The van der Waals surface area contributed by atoms with E-state index in [1.165, 1.54) is 5.56 Å². The lowest BCUT2D eigenvalue weighted by Gasteiger charge is -2.33. The van der Waals surface area contributed by atoms with E-state index in [0.29, 0.717) is 11.7 Å². The minimum atomic E-state index is -0.433. The predicted octanol–water partition coefficient (Wildman–Crippen LogP) is 3.89. The van der Waals surface area contributed by atoms with Gasteiger partial charge in [-0.15, -0.1) is 0 Å². The van der Waals surface area contributed by atoms with Gasteiger partial charge in [0, 0.05) is 13.1 Å². The van der Waals surface area contributed by atoms with Crippen molar-refractivity contribution in [3.05, 3.63) is 29.3 Å². The minimum absolute atomic E-state index is 0.202. The molecule has 1 heterocycles. The van der Waals surface area contributed by atoms with Gasteiger partial charge < -0.3 is 14.7 Å². The summed E-state index contributed by atoms with van der Waals surface area (Å²) < 4.78 is 5.42. The molecule has 1 N–H and O–H groups in total. The van der Waals surface area contributed by atoms with Gasteiger partial charge in [-0.25, -0.2) is 4.79 Å². The first-order chi connectivity index (χ1) is 10.2. The molecule has 22 heavy (non-hydrogen) atoms. The van der Waals surface area contributed by atoms with Crippen molar-refractivity contribution in [3.8, 4) is 5.75 Å². The van der Waals surface area contributed by atoms with Crippen molar-refractivity contribution in [1.82, 2.24) is 4.90 Å². The Balaban J connectivity index is 1.86. The van der Waals surface area contributed by atoms with Crippen molar-refractivity contribution in [2.24, 2.45) is 5.92 Å². The van der Waals surface area contributed by atoms with E-state index < -0.39 is 5.60 Å². The maximum absolute atomic E-state index is 12.0. The number of nitrogens with zero attached hydrogens (tertiary/aromatic N) is 1. The molecule has 0 radical (unpaired) electrons. The highest BCUT2D eigenvalue weighted by Crippen LogP contribution is 2.25. The number of rotatable bonds is 2. The third-order valence-corrected chi connectivity index (χ3v) is 4.10. The van der Waals surface area contributed by atoms with Gasteiger partial charge in [-0.1, -0.05) is 6.07 Å². The number of piperidine rings is 1. The van der Waals surface area contributed by atoms with Crippen molar-refractivity contribution >= 4 is 6.09 Å². The fraction of sp³-hybridized carbons (Fsp3) is 0.611. The average molecular weight is 305 g/mol. The molecule has 122 valence electrons. The van der Waals surface area contributed by atoms with E-state index in [-0.39, 0.29) is 6.09 Å². The van der Waals surface area contributed by atoms with Gasteiger partial charge in [0.15, 0.2) is 0 Å². The molecule has 0 spiro atoms. The van der Waals surface area contributed by atoms with E-state index in [9.17, 15) is 9.90 Å². The van der Waals surface area contributed by atoms with Crippen molar-refractivity contribution in [3.63, 3.8) is 0 Å². The summed E-state index contributed by atoms with van der Waals surface area (Å²) in [4.78, 5) is 13.9. The third kappa shape index (κ3) is 4.65. The summed E-state index contributed by atoms with van der Waals surface area (Å²) in [6.45, 7) is 9.24. The predicted molar refractivity (Wildman–Crippen MR) is 87.1 cm³/mol. The maximum Gasteiger partial charge on any atom is 0.410 e. The Morgan fingerprint density at radius 2 is 1.95 bits per heavy atom. The topological polar surface area (TPSA) is 49.8 Å². The number of benzene rings is 1. The van der Waals surface area contributed by atoms with Gasteiger partial charge in [0.25, 0.3) is 0 Å². The number of hydrogen-bond acceptors (Lipinski definition) is 3. The van der Waals surface area contributed by atoms with Gasteiger partial charge >= 0.3 is 6.09 Å². The number of carbonyl (C=O) groups is 1. The molecule has 0 saturated carbocycles. The molecule has 2 rings (SSSR count). The van der Waals surface area contributed by atoms with E-state index in [4.69, 9.17) is 4.74 Å². The van der Waals surface area contributed by atoms with E-state index >= 15 is 0 Å². The van der Waals surface area contributed by atoms with E-state index in [2.05, 4.69) is 0 Å². The number of likely N-dealkylation sites (tertiary alicyclic amines) is 1. The average Bonchev–Trinajstić information content (AvgIpc) is 2.41. The molecule has 1 fully saturated rings. The lowest BCUT2D eigenvalue weighted by atomic mass is 9.88. The first kappa shape index (κ1) is 16.7. The zero-order chi connectivity index (χ0) is 16.3. The molecule has 0 aromatic heterocycles. The maximum atomic E-state index is 12.0. The van der Waals surface area contributed by atoms with Crippen LogP contribution in [0.2, 0.25) is 0 Å². The molecule has 0 bridgehead atoms. The van der Waals surface area contributed by atoms with Crippen LogP contribution < -0.4 is 0 Å². The molecule has 1 aromatic carbocycles. The van der Waals surface area contributed by atoms with E-state index in [1.54, 1.807) is 6.07 Å². The van der Waals surface area contributed by atoms with Crippen molar-refractivity contribution < 1.29 is 14.6 Å². The molecule has 1 aromatic rings. The highest BCUT2D eigenvalue weighted by Gasteiger charge is 2.27. The Morgan fingerprint density at radius 1 is 1.32 bits per heavy atom. The zero-order valence-electron chi connectivity index (χ0n) is 14.1. The second kappa shape index (κ2) is 6.59. The molecule has 1 saturated heterocycles. The molecule has 1 amide bonds. The molecule has 0 aliphatic carbocycles. The summed E-state index contributed by atoms with van der Waals surface area (Å²) in [5, 5.41) is 9.47. The second-order valence-electron chi connectivity index (χ2n) is 7.23. The Kier molecular flexibility index (Phi) is 4.99. The standard InChI is InChI=1S/C18H27NO3/c1-13-11-16(20)6-5-15(13)12-14-7-9-19(10-8-14)17(21)22-18(2,3)4/h5-6,11,14,20H,7-10,12H2,1-4H3. The summed E-state index contributed by atoms with van der Waals surface area (Å²) in [6.07, 6.45) is 2.81. The van der Waals surface area contributed by atoms with Gasteiger partial charge in [-0.2, -0.15) is 0 Å². The van der Waals surface area contributed by atoms with Crippen LogP contribution in [0.3, 0.4) is 0 Å². The number of phenols is 1. The molecular formula is C18H27NO3. The van der Waals surface area contributed by atoms with Crippen LogP contribution in [0.4, 0.5) is 4.79 Å². The minimum Gasteiger partial charge on any atom is -0.508 e. The lowest BCUT2D eigenvalue weighted by Crippen LogP contribution is -2.42. The number of ether oxygens (including phenoxy) is 1. The van der Waals surface area contributed by atoms with Gasteiger partial charge in [0.1, 0.15) is 11.4 Å². The fourth-order valence-electron chi connectivity index (χ4n) is 2.87. The highest BCUT2D eigenvalue weighted by molar-refractivity contribution is 5.68. The van der Waals surface area contributed by atoms with Crippen LogP contribution in [0.25, 0.3) is 0 Å². The number of amides is 1. The van der Waals surface area contributed by atoms with Gasteiger partial charge in [-0.3, -0.25) is 0 Å². The Morgan fingerprint density at radius 3 is 2.50 bits per heavy atom. The summed E-state index contributed by atoms with van der Waals surface area (Å²) in [5.41, 5.74) is 1.99. The molecule has 1 aliphatic rings. The Labute approximate surface area is 133 Å². The highest BCUT2D eigenvalue weighted by atomic mass is 16.6. The van der Waals surface area contributed by atoms with Crippen LogP contribution in [0, 0.1) is 12.8 Å². The normalized spacial score (nSPS) is 16.6. The van der Waals surface area contributed by atoms with Crippen LogP contribution in [-0.4, -0.2) is 34.8 Å². The van der Waals surface area contributed by atoms with Gasteiger partial charge in [0.2, 0.25) is 0 Å². The Hall–Kier alpha value is -1.71. The number of phenolic OH excluding ortho intramolecular Hbond substituents is 1. The number of hydrogen-bond donors (Lipinski definition) is 1. The van der Waals surface area contributed by atoms with Crippen molar-refractivity contribution in [1.29, 1.82) is 0 Å². The molecule has 0 atom stereocenters. The summed E-state index contributed by atoms with van der Waals surface area (Å²) in [7, 11) is 0. The quantitative estimate of drug-likeness (QED) is 0.902. The summed E-state index contributed by atoms with van der Waals surface area (Å²) in [5.74, 6) is 0.905. The number of aryl methyl sites for hydroxylation is 1. The molecule has 0 unspecified atom stereocenters. The third-order valence-electron chi connectivity index (χ3n) is 4.10. The second-order valence-corrected chi connectivity index (χ2v) is 7.23. The molecule has 4 nitrogen and oxygen atoms in total. The van der Waals surface area contributed by atoms with Gasteiger partial charge in [0.05, 0.1) is 0 Å². The molecule has 4 heteroatoms. The smallest absolute Gasteiger partial charge is 0.410 e. The van der Waals surface area contributed by atoms with Crippen LogP contribution >= 0.6 is 0 Å². The van der Waals surface area contributed by atoms with E-state index in [1.807, 2.05) is 44.7 Å².